The monoisotopic (exact) mass is 701 g/mol. The summed E-state index contributed by atoms with van der Waals surface area (Å²) >= 11 is 0. The summed E-state index contributed by atoms with van der Waals surface area (Å²) < 4.78 is 22.3. The van der Waals surface area contributed by atoms with Crippen molar-refractivity contribution in [3.63, 3.8) is 0 Å². The van der Waals surface area contributed by atoms with E-state index in [9.17, 15) is 29.1 Å². The van der Waals surface area contributed by atoms with Crippen molar-refractivity contribution < 1.29 is 48.0 Å². The summed E-state index contributed by atoms with van der Waals surface area (Å²) in [7, 11) is 3.16. The van der Waals surface area contributed by atoms with Crippen LogP contribution in [0.15, 0.2) is 60.7 Å². The lowest BCUT2D eigenvalue weighted by atomic mass is 10.0. The van der Waals surface area contributed by atoms with E-state index >= 15 is 0 Å². The zero-order valence-electron chi connectivity index (χ0n) is 28.8. The Morgan fingerprint density at radius 2 is 1.65 bits per heavy atom. The number of methoxy groups -OCH3 is 2. The quantitative estimate of drug-likeness (QED) is 0.131. The Bertz CT molecular complexity index is 1760. The summed E-state index contributed by atoms with van der Waals surface area (Å²) in [6.45, 7) is 0.602. The highest BCUT2D eigenvalue weighted by Gasteiger charge is 2.46. The Morgan fingerprint density at radius 3 is 2.43 bits per heavy atom. The highest BCUT2D eigenvalue weighted by atomic mass is 16.5. The summed E-state index contributed by atoms with van der Waals surface area (Å²) in [6.07, 6.45) is 3.45. The fourth-order valence-electron chi connectivity index (χ4n) is 6.17. The number of piperidine rings is 1. The van der Waals surface area contributed by atoms with E-state index in [-0.39, 0.29) is 42.2 Å². The summed E-state index contributed by atoms with van der Waals surface area (Å²) in [5.74, 6) is -0.548. The molecular weight excluding hydrogens is 658 g/mol. The molecule has 2 aliphatic heterocycles. The van der Waals surface area contributed by atoms with Crippen molar-refractivity contribution in [2.24, 2.45) is 0 Å². The second kappa shape index (κ2) is 17.5. The van der Waals surface area contributed by atoms with Crippen LogP contribution >= 0.6 is 0 Å². The molecule has 13 nitrogen and oxygen atoms in total. The van der Waals surface area contributed by atoms with Crippen LogP contribution in [0.25, 0.3) is 0 Å². The molecule has 3 aromatic carbocycles. The Morgan fingerprint density at radius 1 is 0.882 bits per heavy atom. The van der Waals surface area contributed by atoms with E-state index in [2.05, 4.69) is 10.6 Å². The first kappa shape index (κ1) is 36.8. The number of carbonyl (C=O) groups excluding carboxylic acids is 5. The first-order valence-electron chi connectivity index (χ1n) is 17.1. The van der Waals surface area contributed by atoms with Gasteiger partial charge >= 0.3 is 0 Å². The van der Waals surface area contributed by atoms with Gasteiger partial charge < -0.3 is 29.4 Å². The topological polar surface area (TPSA) is 170 Å². The van der Waals surface area contributed by atoms with Crippen LogP contribution in [0.4, 0.5) is 0 Å². The number of amides is 5. The standard InChI is InChI=1S/C38H43N3O10/c1-48-30-18-15-24(22-32(30)49-2)14-17-28(42)25-10-5-6-12-29(25)51-23-34(44)39-20-7-3-4-8-21-50-31-13-9-11-26-35(31)38(47)41(37(26)46)27-16-19-33(43)40-36(27)45/h5-6,9-13,15,18,22,27-28,42H,3-4,7-8,14,16-17,19-21,23H2,1-2H3,(H,39,44)(H,40,43,45). The van der Waals surface area contributed by atoms with Crippen molar-refractivity contribution in [3.8, 4) is 23.0 Å². The molecule has 5 amide bonds. The van der Waals surface area contributed by atoms with Crippen LogP contribution in [0.2, 0.25) is 0 Å². The Balaban J connectivity index is 0.989. The minimum Gasteiger partial charge on any atom is -0.493 e. The number of aliphatic hydroxyl groups is 1. The lowest BCUT2D eigenvalue weighted by molar-refractivity contribution is -0.136. The summed E-state index contributed by atoms with van der Waals surface area (Å²) in [5, 5.41) is 16.0. The first-order valence-corrected chi connectivity index (χ1v) is 17.1. The van der Waals surface area contributed by atoms with E-state index in [0.717, 1.165) is 29.7 Å². The number of fused-ring (bicyclic) bond motifs is 1. The maximum absolute atomic E-state index is 13.2. The second-order valence-corrected chi connectivity index (χ2v) is 12.3. The normalized spacial score (nSPS) is 16.0. The molecule has 2 atom stereocenters. The number of ether oxygens (including phenoxy) is 4. The van der Waals surface area contributed by atoms with Crippen molar-refractivity contribution in [1.29, 1.82) is 0 Å². The van der Waals surface area contributed by atoms with Crippen molar-refractivity contribution in [2.75, 3.05) is 34.0 Å². The van der Waals surface area contributed by atoms with Gasteiger partial charge in [-0.05, 0) is 68.0 Å². The Labute approximate surface area is 296 Å². The average Bonchev–Trinajstić information content (AvgIpc) is 3.39. The molecule has 0 saturated carbocycles. The van der Waals surface area contributed by atoms with Gasteiger partial charge in [0.1, 0.15) is 17.5 Å². The minimum atomic E-state index is -1.04. The van der Waals surface area contributed by atoms with Gasteiger partial charge in [-0.2, -0.15) is 0 Å². The van der Waals surface area contributed by atoms with E-state index in [1.807, 2.05) is 24.3 Å². The van der Waals surface area contributed by atoms with Gasteiger partial charge in [0.25, 0.3) is 17.7 Å². The molecule has 0 radical (unpaired) electrons. The number of hydrogen-bond donors (Lipinski definition) is 3. The molecule has 0 bridgehead atoms. The lowest BCUT2D eigenvalue weighted by Crippen LogP contribution is -2.54. The molecule has 0 spiro atoms. The predicted molar refractivity (Wildman–Crippen MR) is 185 cm³/mol. The molecule has 1 fully saturated rings. The maximum atomic E-state index is 13.2. The van der Waals surface area contributed by atoms with Crippen LogP contribution in [0.3, 0.4) is 0 Å². The number of para-hydroxylation sites is 1. The number of nitrogens with zero attached hydrogens (tertiary/aromatic N) is 1. The predicted octanol–water partition coefficient (Wildman–Crippen LogP) is 3.91. The van der Waals surface area contributed by atoms with Gasteiger partial charge in [-0.15, -0.1) is 0 Å². The molecule has 0 aliphatic carbocycles. The number of nitrogens with one attached hydrogen (secondary N) is 2. The molecule has 2 heterocycles. The number of aryl methyl sites for hydroxylation is 1. The summed E-state index contributed by atoms with van der Waals surface area (Å²) in [5.41, 5.74) is 1.90. The number of rotatable bonds is 18. The molecule has 51 heavy (non-hydrogen) atoms. The van der Waals surface area contributed by atoms with Crippen LogP contribution in [-0.4, -0.2) is 79.6 Å². The Kier molecular flexibility index (Phi) is 12.6. The summed E-state index contributed by atoms with van der Waals surface area (Å²) in [6, 6.07) is 16.5. The van der Waals surface area contributed by atoms with Crippen LogP contribution in [0.5, 0.6) is 23.0 Å². The fourth-order valence-corrected chi connectivity index (χ4v) is 6.17. The number of unbranched alkanes of at least 4 members (excludes halogenated alkanes) is 3. The molecule has 0 aromatic heterocycles. The van der Waals surface area contributed by atoms with Gasteiger partial charge in [0.15, 0.2) is 18.1 Å². The number of imide groups is 2. The van der Waals surface area contributed by atoms with Gasteiger partial charge in [-0.25, -0.2) is 0 Å². The molecule has 3 N–H and O–H groups in total. The second-order valence-electron chi connectivity index (χ2n) is 12.3. The molecule has 2 unspecified atom stereocenters. The largest absolute Gasteiger partial charge is 0.493 e. The van der Waals surface area contributed by atoms with Gasteiger partial charge in [0, 0.05) is 18.5 Å². The molecule has 13 heteroatoms. The summed E-state index contributed by atoms with van der Waals surface area (Å²) in [4.78, 5) is 63.5. The SMILES string of the molecule is COc1ccc(CCC(O)c2ccccc2OCC(=O)NCCCCCCOc2cccc3c2C(=O)N(C2CCC(=O)NC2=O)C3=O)cc1OC. The smallest absolute Gasteiger partial charge is 0.266 e. The highest BCUT2D eigenvalue weighted by Crippen LogP contribution is 2.34. The van der Waals surface area contributed by atoms with Gasteiger partial charge in [-0.1, -0.05) is 43.2 Å². The first-order chi connectivity index (χ1) is 24.7. The molecule has 2 aliphatic rings. The molecule has 3 aromatic rings. The molecule has 1 saturated heterocycles. The van der Waals surface area contributed by atoms with E-state index in [1.165, 1.54) is 6.07 Å². The number of carbonyl (C=O) groups is 5. The molecular formula is C38H43N3O10. The third-order valence-corrected chi connectivity index (χ3v) is 8.87. The van der Waals surface area contributed by atoms with Crippen molar-refractivity contribution >= 4 is 29.5 Å². The van der Waals surface area contributed by atoms with Gasteiger partial charge in [-0.3, -0.25) is 34.2 Å². The minimum absolute atomic E-state index is 0.0501. The maximum Gasteiger partial charge on any atom is 0.266 e. The van der Waals surface area contributed by atoms with Gasteiger partial charge in [0.05, 0.1) is 38.1 Å². The van der Waals surface area contributed by atoms with Crippen molar-refractivity contribution in [3.05, 3.63) is 82.9 Å². The van der Waals surface area contributed by atoms with Crippen molar-refractivity contribution in [1.82, 2.24) is 15.5 Å². The van der Waals surface area contributed by atoms with E-state index in [0.29, 0.717) is 55.2 Å². The molecule has 5 rings (SSSR count). The van der Waals surface area contributed by atoms with E-state index in [1.54, 1.807) is 44.6 Å². The van der Waals surface area contributed by atoms with E-state index < -0.39 is 35.8 Å². The van der Waals surface area contributed by atoms with Crippen LogP contribution < -0.4 is 29.6 Å². The van der Waals surface area contributed by atoms with Crippen LogP contribution in [0, 0.1) is 0 Å². The molecule has 270 valence electrons. The van der Waals surface area contributed by atoms with Gasteiger partial charge in [0.2, 0.25) is 11.8 Å². The third-order valence-electron chi connectivity index (χ3n) is 8.87. The third kappa shape index (κ3) is 9.03. The van der Waals surface area contributed by atoms with Crippen LogP contribution in [-0.2, 0) is 20.8 Å². The van der Waals surface area contributed by atoms with Crippen LogP contribution in [0.1, 0.15) is 82.9 Å². The zero-order chi connectivity index (χ0) is 36.3. The number of aliphatic hydroxyl groups excluding tert-OH is 1. The fraction of sp³-hybridized carbons (Fsp3) is 0.395. The lowest BCUT2D eigenvalue weighted by Gasteiger charge is -2.27. The number of hydrogen-bond acceptors (Lipinski definition) is 10. The number of benzene rings is 3. The Hall–Kier alpha value is -5.43. The van der Waals surface area contributed by atoms with E-state index in [4.69, 9.17) is 18.9 Å². The highest BCUT2D eigenvalue weighted by molar-refractivity contribution is 6.24. The zero-order valence-corrected chi connectivity index (χ0v) is 28.8. The van der Waals surface area contributed by atoms with Crippen molar-refractivity contribution in [2.45, 2.75) is 63.5 Å². The average molecular weight is 702 g/mol.